The third kappa shape index (κ3) is 4.81. The Kier molecular flexibility index (Phi) is 6.68. The zero-order chi connectivity index (χ0) is 21.8. The summed E-state index contributed by atoms with van der Waals surface area (Å²) in [6.45, 7) is 2.33. The van der Waals surface area contributed by atoms with E-state index in [0.717, 1.165) is 19.5 Å². The highest BCUT2D eigenvalue weighted by Crippen LogP contribution is 2.37. The van der Waals surface area contributed by atoms with Gasteiger partial charge in [0.15, 0.2) is 0 Å². The molecule has 6 heteroatoms. The summed E-state index contributed by atoms with van der Waals surface area (Å²) in [6.07, 6.45) is 6.18. The number of fused-ring (bicyclic) bond motifs is 2. The van der Waals surface area contributed by atoms with Gasteiger partial charge in [0.25, 0.3) is 5.91 Å². The number of hydrogen-bond donors (Lipinski definition) is 1. The molecule has 0 spiro atoms. The van der Waals surface area contributed by atoms with Gasteiger partial charge in [-0.25, -0.2) is 0 Å². The summed E-state index contributed by atoms with van der Waals surface area (Å²) in [6, 6.07) is 15.4. The van der Waals surface area contributed by atoms with Gasteiger partial charge in [-0.1, -0.05) is 37.1 Å². The highest BCUT2D eigenvalue weighted by atomic mass is 16.2. The van der Waals surface area contributed by atoms with Crippen molar-refractivity contribution in [2.24, 2.45) is 0 Å². The molecule has 2 amide bonds. The number of anilines is 3. The van der Waals surface area contributed by atoms with E-state index in [4.69, 9.17) is 0 Å². The van der Waals surface area contributed by atoms with E-state index in [9.17, 15) is 9.59 Å². The fraction of sp³-hybridized carbons (Fsp3) is 0.440. The first-order valence-corrected chi connectivity index (χ1v) is 11.3. The highest BCUT2D eigenvalue weighted by molar-refractivity contribution is 6.17. The van der Waals surface area contributed by atoms with E-state index in [1.165, 1.54) is 25.7 Å². The van der Waals surface area contributed by atoms with Crippen LogP contribution in [-0.2, 0) is 4.79 Å². The first-order valence-electron chi connectivity index (χ1n) is 11.3. The van der Waals surface area contributed by atoms with Crippen LogP contribution in [0.2, 0.25) is 0 Å². The lowest BCUT2D eigenvalue weighted by Gasteiger charge is -2.29. The van der Waals surface area contributed by atoms with Gasteiger partial charge in [-0.3, -0.25) is 19.4 Å². The van der Waals surface area contributed by atoms with Crippen molar-refractivity contribution in [2.45, 2.75) is 38.1 Å². The summed E-state index contributed by atoms with van der Waals surface area (Å²) in [5, 5.41) is 2.94. The molecule has 0 aliphatic carbocycles. The zero-order valence-electron chi connectivity index (χ0n) is 18.5. The summed E-state index contributed by atoms with van der Waals surface area (Å²) in [7, 11) is 4.23. The number of benzene rings is 2. The number of likely N-dealkylation sites (tertiary alicyclic amines) is 1. The third-order valence-electron chi connectivity index (χ3n) is 6.45. The van der Waals surface area contributed by atoms with Crippen LogP contribution in [0.15, 0.2) is 48.5 Å². The van der Waals surface area contributed by atoms with Crippen molar-refractivity contribution in [2.75, 3.05) is 43.9 Å². The molecule has 1 unspecified atom stereocenters. The predicted molar refractivity (Wildman–Crippen MR) is 125 cm³/mol. The minimum atomic E-state index is -0.192. The lowest BCUT2D eigenvalue weighted by Crippen LogP contribution is -2.39. The van der Waals surface area contributed by atoms with Crippen LogP contribution in [0.3, 0.4) is 0 Å². The molecule has 4 rings (SSSR count). The molecule has 2 aromatic rings. The maximum absolute atomic E-state index is 13.5. The number of nitrogens with zero attached hydrogens (tertiary/aromatic N) is 3. The Labute approximate surface area is 184 Å². The Morgan fingerprint density at radius 1 is 1.06 bits per heavy atom. The molecule has 0 radical (unpaired) electrons. The molecule has 31 heavy (non-hydrogen) atoms. The first kappa shape index (κ1) is 21.5. The van der Waals surface area contributed by atoms with Gasteiger partial charge in [-0.15, -0.1) is 0 Å². The van der Waals surface area contributed by atoms with Crippen LogP contribution < -0.4 is 10.2 Å². The quantitative estimate of drug-likeness (QED) is 0.791. The smallest absolute Gasteiger partial charge is 0.257 e. The standard InChI is InChI=1S/C25H32N4O2/c1-27(17-15-19-10-4-3-9-16-28(19)2)18-24(30)29-22-13-7-5-11-20(22)25(31)26-21-12-6-8-14-23(21)29/h5-8,11-14,19H,3-4,9-10,15-18H2,1-2H3,(H,26,31). The fourth-order valence-corrected chi connectivity index (χ4v) is 4.66. The van der Waals surface area contributed by atoms with Crippen LogP contribution in [0.5, 0.6) is 0 Å². The molecule has 2 aromatic carbocycles. The second-order valence-corrected chi connectivity index (χ2v) is 8.73. The van der Waals surface area contributed by atoms with Gasteiger partial charge >= 0.3 is 0 Å². The van der Waals surface area contributed by atoms with E-state index >= 15 is 0 Å². The fourth-order valence-electron chi connectivity index (χ4n) is 4.66. The summed E-state index contributed by atoms with van der Waals surface area (Å²) >= 11 is 0. The maximum atomic E-state index is 13.5. The molecule has 0 bridgehead atoms. The predicted octanol–water partition coefficient (Wildman–Crippen LogP) is 4.11. The van der Waals surface area contributed by atoms with Crippen LogP contribution in [0, 0.1) is 0 Å². The van der Waals surface area contributed by atoms with Crippen molar-refractivity contribution in [1.29, 1.82) is 0 Å². The van der Waals surface area contributed by atoms with Gasteiger partial charge in [-0.05, 0) is 70.7 Å². The van der Waals surface area contributed by atoms with E-state index in [0.29, 0.717) is 35.2 Å². The van der Waals surface area contributed by atoms with Crippen LogP contribution in [0.4, 0.5) is 17.1 Å². The maximum Gasteiger partial charge on any atom is 0.257 e. The number of carbonyl (C=O) groups excluding carboxylic acids is 2. The molecule has 0 saturated carbocycles. The SMILES string of the molecule is CN(CCC1CCCCCN1C)CC(=O)N1c2ccccc2NC(=O)c2ccccc21. The first-order chi connectivity index (χ1) is 15.0. The Hall–Kier alpha value is -2.70. The number of para-hydroxylation sites is 3. The van der Waals surface area contributed by atoms with Crippen LogP contribution in [0.25, 0.3) is 0 Å². The van der Waals surface area contributed by atoms with Crippen LogP contribution in [0.1, 0.15) is 42.5 Å². The summed E-state index contributed by atoms with van der Waals surface area (Å²) in [5.74, 6) is -0.226. The molecule has 0 aromatic heterocycles. The normalized spacial score (nSPS) is 19.3. The average Bonchev–Trinajstić information content (AvgIpc) is 3.04. The van der Waals surface area contributed by atoms with Crippen LogP contribution in [-0.4, -0.2) is 61.4 Å². The number of rotatable bonds is 5. The van der Waals surface area contributed by atoms with Crippen molar-refractivity contribution in [3.8, 4) is 0 Å². The molecule has 1 fully saturated rings. The Balaban J connectivity index is 1.51. The number of amides is 2. The van der Waals surface area contributed by atoms with Gasteiger partial charge in [0.05, 0.1) is 29.2 Å². The van der Waals surface area contributed by atoms with Crippen molar-refractivity contribution in [3.63, 3.8) is 0 Å². The summed E-state index contributed by atoms with van der Waals surface area (Å²) < 4.78 is 0. The van der Waals surface area contributed by atoms with Gasteiger partial charge in [0, 0.05) is 6.04 Å². The minimum Gasteiger partial charge on any atom is -0.320 e. The van der Waals surface area contributed by atoms with E-state index in [1.807, 2.05) is 49.5 Å². The van der Waals surface area contributed by atoms with Crippen molar-refractivity contribution in [1.82, 2.24) is 9.80 Å². The Morgan fingerprint density at radius 2 is 1.81 bits per heavy atom. The molecule has 1 atom stereocenters. The second-order valence-electron chi connectivity index (χ2n) is 8.73. The highest BCUT2D eigenvalue weighted by Gasteiger charge is 2.29. The molecule has 1 saturated heterocycles. The lowest BCUT2D eigenvalue weighted by atomic mass is 10.1. The molecular formula is C25H32N4O2. The topological polar surface area (TPSA) is 55.9 Å². The number of hydrogen-bond acceptors (Lipinski definition) is 4. The molecular weight excluding hydrogens is 388 g/mol. The van der Waals surface area contributed by atoms with E-state index < -0.39 is 0 Å². The second kappa shape index (κ2) is 9.62. The lowest BCUT2D eigenvalue weighted by molar-refractivity contribution is -0.118. The van der Waals surface area contributed by atoms with E-state index in [1.54, 1.807) is 11.0 Å². The Bertz CT molecular complexity index is 945. The van der Waals surface area contributed by atoms with E-state index in [-0.39, 0.29) is 11.8 Å². The third-order valence-corrected chi connectivity index (χ3v) is 6.45. The molecule has 2 heterocycles. The molecule has 164 valence electrons. The zero-order valence-corrected chi connectivity index (χ0v) is 18.5. The van der Waals surface area contributed by atoms with Crippen molar-refractivity contribution < 1.29 is 9.59 Å². The minimum absolute atomic E-state index is 0.0341. The summed E-state index contributed by atoms with van der Waals surface area (Å²) in [5.41, 5.74) is 2.50. The molecule has 1 N–H and O–H groups in total. The number of nitrogens with one attached hydrogen (secondary N) is 1. The monoisotopic (exact) mass is 420 g/mol. The molecule has 2 aliphatic heterocycles. The Morgan fingerprint density at radius 3 is 2.65 bits per heavy atom. The van der Waals surface area contributed by atoms with Crippen molar-refractivity contribution in [3.05, 3.63) is 54.1 Å². The van der Waals surface area contributed by atoms with Gasteiger partial charge in [0.2, 0.25) is 5.91 Å². The van der Waals surface area contributed by atoms with Gasteiger partial charge in [0.1, 0.15) is 0 Å². The van der Waals surface area contributed by atoms with E-state index in [2.05, 4.69) is 22.2 Å². The number of likely N-dealkylation sites (N-methyl/N-ethyl adjacent to an activating group) is 1. The van der Waals surface area contributed by atoms with Crippen LogP contribution >= 0.6 is 0 Å². The number of carbonyl (C=O) groups is 2. The van der Waals surface area contributed by atoms with Gasteiger partial charge < -0.3 is 10.2 Å². The summed E-state index contributed by atoms with van der Waals surface area (Å²) in [4.78, 5) is 32.5. The largest absolute Gasteiger partial charge is 0.320 e. The van der Waals surface area contributed by atoms with Crippen molar-refractivity contribution >= 4 is 28.9 Å². The molecule has 2 aliphatic rings. The average molecular weight is 421 g/mol. The molecule has 6 nitrogen and oxygen atoms in total. The van der Waals surface area contributed by atoms with Gasteiger partial charge in [-0.2, -0.15) is 0 Å².